The molecule has 0 aliphatic heterocycles. The maximum atomic E-state index is 13.2. The van der Waals surface area contributed by atoms with Crippen LogP contribution in [0, 0.1) is 27.7 Å². The highest BCUT2D eigenvalue weighted by atomic mass is 32.2. The van der Waals surface area contributed by atoms with Crippen LogP contribution in [0.1, 0.15) is 47.7 Å². The fourth-order valence-corrected chi connectivity index (χ4v) is 5.16. The van der Waals surface area contributed by atoms with Gasteiger partial charge in [-0.2, -0.15) is 0 Å². The number of hydrogen-bond donors (Lipinski definition) is 1. The molecular formula is C21H28N4O3S. The second-order valence-electron chi connectivity index (χ2n) is 7.24. The lowest BCUT2D eigenvalue weighted by molar-refractivity contribution is 0.507. The summed E-state index contributed by atoms with van der Waals surface area (Å²) in [4.78, 5) is 0.274. The van der Waals surface area contributed by atoms with Gasteiger partial charge in [0, 0.05) is 30.8 Å². The van der Waals surface area contributed by atoms with Crippen molar-refractivity contribution in [2.45, 2.75) is 65.9 Å². The van der Waals surface area contributed by atoms with E-state index < -0.39 is 10.0 Å². The molecule has 0 bridgehead atoms. The molecule has 29 heavy (non-hydrogen) atoms. The van der Waals surface area contributed by atoms with Gasteiger partial charge in [-0.15, -0.1) is 10.2 Å². The summed E-state index contributed by atoms with van der Waals surface area (Å²) < 4.78 is 36.9. The molecule has 0 aliphatic carbocycles. The molecule has 156 valence electrons. The molecule has 1 aromatic carbocycles. The predicted octanol–water partition coefficient (Wildman–Crippen LogP) is 3.83. The van der Waals surface area contributed by atoms with Crippen LogP contribution in [0.15, 0.2) is 27.5 Å². The lowest BCUT2D eigenvalue weighted by atomic mass is 10.1. The van der Waals surface area contributed by atoms with Crippen molar-refractivity contribution in [3.63, 3.8) is 0 Å². The number of nitrogens with one attached hydrogen (secondary N) is 1. The number of nitrogens with zero attached hydrogens (tertiary/aromatic N) is 3. The SMILES string of the molecule is CCc1nnc(-c2c(C)c(S(=O)(=O)NCc3cc(C)ccc3C)c(C)n2CC)o1. The zero-order valence-corrected chi connectivity index (χ0v) is 18.6. The molecule has 0 atom stereocenters. The number of aromatic nitrogens is 3. The highest BCUT2D eigenvalue weighted by Crippen LogP contribution is 2.33. The number of benzene rings is 1. The summed E-state index contributed by atoms with van der Waals surface area (Å²) in [7, 11) is -3.73. The Labute approximate surface area is 172 Å². The molecule has 7 nitrogen and oxygen atoms in total. The summed E-state index contributed by atoms with van der Waals surface area (Å²) in [6.07, 6.45) is 0.625. The quantitative estimate of drug-likeness (QED) is 0.632. The molecule has 8 heteroatoms. The van der Waals surface area contributed by atoms with E-state index in [1.165, 1.54) is 0 Å². The Morgan fingerprint density at radius 2 is 1.83 bits per heavy atom. The molecule has 2 heterocycles. The van der Waals surface area contributed by atoms with Crippen LogP contribution < -0.4 is 4.72 Å². The van der Waals surface area contributed by atoms with Crippen molar-refractivity contribution in [2.24, 2.45) is 0 Å². The summed E-state index contributed by atoms with van der Waals surface area (Å²) in [5.41, 5.74) is 5.04. The largest absolute Gasteiger partial charge is 0.419 e. The van der Waals surface area contributed by atoms with Crippen LogP contribution in [0.5, 0.6) is 0 Å². The van der Waals surface area contributed by atoms with Gasteiger partial charge in [0.25, 0.3) is 5.89 Å². The Morgan fingerprint density at radius 3 is 2.45 bits per heavy atom. The molecule has 0 saturated heterocycles. The first-order valence-electron chi connectivity index (χ1n) is 9.77. The van der Waals surface area contributed by atoms with E-state index in [2.05, 4.69) is 14.9 Å². The lowest BCUT2D eigenvalue weighted by Gasteiger charge is -2.11. The predicted molar refractivity (Wildman–Crippen MR) is 112 cm³/mol. The van der Waals surface area contributed by atoms with Crippen LogP contribution >= 0.6 is 0 Å². The Morgan fingerprint density at radius 1 is 1.10 bits per heavy atom. The zero-order chi connectivity index (χ0) is 21.3. The maximum absolute atomic E-state index is 13.2. The van der Waals surface area contributed by atoms with Crippen molar-refractivity contribution in [3.05, 3.63) is 52.0 Å². The highest BCUT2D eigenvalue weighted by molar-refractivity contribution is 7.89. The van der Waals surface area contributed by atoms with E-state index >= 15 is 0 Å². The number of sulfonamides is 1. The van der Waals surface area contributed by atoms with Crippen LogP contribution in [-0.2, 0) is 29.5 Å². The molecule has 2 aromatic heterocycles. The van der Waals surface area contributed by atoms with Gasteiger partial charge in [0.05, 0.1) is 0 Å². The summed E-state index contributed by atoms with van der Waals surface area (Å²) in [6.45, 7) is 12.3. The van der Waals surface area contributed by atoms with Crippen LogP contribution in [-0.4, -0.2) is 23.2 Å². The molecule has 0 aliphatic rings. The third kappa shape index (κ3) is 4.00. The lowest BCUT2D eigenvalue weighted by Crippen LogP contribution is -2.24. The highest BCUT2D eigenvalue weighted by Gasteiger charge is 2.29. The van der Waals surface area contributed by atoms with Crippen LogP contribution in [0.4, 0.5) is 0 Å². The van der Waals surface area contributed by atoms with Crippen molar-refractivity contribution in [1.29, 1.82) is 0 Å². The van der Waals surface area contributed by atoms with E-state index in [-0.39, 0.29) is 11.4 Å². The molecule has 0 fully saturated rings. The van der Waals surface area contributed by atoms with Gasteiger partial charge in [-0.1, -0.05) is 30.7 Å². The first-order chi connectivity index (χ1) is 13.7. The van der Waals surface area contributed by atoms with E-state index in [1.54, 1.807) is 6.92 Å². The topological polar surface area (TPSA) is 90.0 Å². The second-order valence-corrected chi connectivity index (χ2v) is 8.95. The monoisotopic (exact) mass is 416 g/mol. The molecule has 0 saturated carbocycles. The molecule has 1 N–H and O–H groups in total. The standard InChI is InChI=1S/C21H28N4O3S/c1-7-18-23-24-21(28-18)19-15(5)20(16(6)25(19)8-2)29(26,27)22-12-17-11-13(3)9-10-14(17)4/h9-11,22H,7-8,12H2,1-6H3. The number of hydrogen-bond acceptors (Lipinski definition) is 5. The Hall–Kier alpha value is -2.45. The van der Waals surface area contributed by atoms with Crippen molar-refractivity contribution in [1.82, 2.24) is 19.5 Å². The van der Waals surface area contributed by atoms with E-state index in [9.17, 15) is 8.42 Å². The first-order valence-corrected chi connectivity index (χ1v) is 11.3. The van der Waals surface area contributed by atoms with Gasteiger partial charge in [0.15, 0.2) is 0 Å². The van der Waals surface area contributed by atoms with Gasteiger partial charge >= 0.3 is 0 Å². The normalized spacial score (nSPS) is 11.9. The average molecular weight is 417 g/mol. The fraction of sp³-hybridized carbons (Fsp3) is 0.429. The van der Waals surface area contributed by atoms with E-state index in [4.69, 9.17) is 4.42 Å². The molecule has 3 aromatic rings. The summed E-state index contributed by atoms with van der Waals surface area (Å²) in [5, 5.41) is 8.15. The van der Waals surface area contributed by atoms with Crippen LogP contribution in [0.2, 0.25) is 0 Å². The van der Waals surface area contributed by atoms with Gasteiger partial charge in [0.2, 0.25) is 15.9 Å². The smallest absolute Gasteiger partial charge is 0.264 e. The van der Waals surface area contributed by atoms with Crippen LogP contribution in [0.3, 0.4) is 0 Å². The number of rotatable bonds is 7. The summed E-state index contributed by atoms with van der Waals surface area (Å²) in [5.74, 6) is 0.874. The van der Waals surface area contributed by atoms with E-state index in [0.29, 0.717) is 41.7 Å². The Balaban J connectivity index is 2.02. The van der Waals surface area contributed by atoms with Crippen molar-refractivity contribution < 1.29 is 12.8 Å². The average Bonchev–Trinajstić information content (AvgIpc) is 3.24. The van der Waals surface area contributed by atoms with Gasteiger partial charge in [-0.3, -0.25) is 0 Å². The van der Waals surface area contributed by atoms with E-state index in [1.807, 2.05) is 57.4 Å². The molecule has 0 spiro atoms. The van der Waals surface area contributed by atoms with Gasteiger partial charge in [-0.05, 0) is 45.7 Å². The molecular weight excluding hydrogens is 388 g/mol. The minimum absolute atomic E-state index is 0.238. The van der Waals surface area contributed by atoms with Gasteiger partial charge in [-0.25, -0.2) is 13.1 Å². The Bertz CT molecular complexity index is 1140. The van der Waals surface area contributed by atoms with Crippen LogP contribution in [0.25, 0.3) is 11.6 Å². The summed E-state index contributed by atoms with van der Waals surface area (Å²) >= 11 is 0. The number of aryl methyl sites for hydroxylation is 3. The van der Waals surface area contributed by atoms with Gasteiger partial charge in [0.1, 0.15) is 10.6 Å². The molecule has 0 radical (unpaired) electrons. The van der Waals surface area contributed by atoms with Gasteiger partial charge < -0.3 is 8.98 Å². The van der Waals surface area contributed by atoms with Crippen molar-refractivity contribution in [3.8, 4) is 11.6 Å². The zero-order valence-electron chi connectivity index (χ0n) is 17.8. The fourth-order valence-electron chi connectivity index (χ4n) is 3.67. The van der Waals surface area contributed by atoms with E-state index in [0.717, 1.165) is 16.7 Å². The first kappa shape index (κ1) is 21.3. The minimum atomic E-state index is -3.73. The summed E-state index contributed by atoms with van der Waals surface area (Å²) in [6, 6.07) is 6.02. The minimum Gasteiger partial charge on any atom is -0.419 e. The Kier molecular flexibility index (Phi) is 5.95. The second kappa shape index (κ2) is 8.12. The maximum Gasteiger partial charge on any atom is 0.264 e. The van der Waals surface area contributed by atoms with Crippen molar-refractivity contribution in [2.75, 3.05) is 0 Å². The third-order valence-electron chi connectivity index (χ3n) is 5.21. The van der Waals surface area contributed by atoms with Crippen molar-refractivity contribution >= 4 is 10.0 Å². The molecule has 0 amide bonds. The molecule has 0 unspecified atom stereocenters. The third-order valence-corrected chi connectivity index (χ3v) is 6.88. The molecule has 3 rings (SSSR count).